The Morgan fingerprint density at radius 2 is 2.29 bits per heavy atom. The van der Waals surface area contributed by atoms with Crippen molar-refractivity contribution in [3.63, 3.8) is 0 Å². The molecule has 0 atom stereocenters. The van der Waals surface area contributed by atoms with Crippen molar-refractivity contribution in [2.45, 2.75) is 6.61 Å². The van der Waals surface area contributed by atoms with E-state index in [4.69, 9.17) is 10.5 Å². The number of hydrogen-bond donors (Lipinski definition) is 3. The number of allylic oxidation sites excluding steroid dienone is 1. The summed E-state index contributed by atoms with van der Waals surface area (Å²) in [5.41, 5.74) is 1.37. The summed E-state index contributed by atoms with van der Waals surface area (Å²) in [4.78, 5) is 10.2. The zero-order valence-electron chi connectivity index (χ0n) is 9.30. The Hall–Kier alpha value is -2.21. The van der Waals surface area contributed by atoms with Crippen LogP contribution in [0.4, 0.5) is 5.69 Å². The predicted octanol–water partition coefficient (Wildman–Crippen LogP) is 1.30. The van der Waals surface area contributed by atoms with Gasteiger partial charge in [0, 0.05) is 37.2 Å². The molecule has 6 nitrogen and oxygen atoms in total. The lowest BCUT2D eigenvalue weighted by molar-refractivity contribution is -0.385. The highest BCUT2D eigenvalue weighted by atomic mass is 16.6. The summed E-state index contributed by atoms with van der Waals surface area (Å²) >= 11 is 0. The maximum Gasteiger partial charge on any atom is 0.270 e. The van der Waals surface area contributed by atoms with E-state index >= 15 is 0 Å². The molecule has 6 heteroatoms. The number of hydrogen-bond acceptors (Lipinski definition) is 5. The standard InChI is InChI=1S/C11H13N3O3/c1-13-6-10(5-12)9-2-8(7-15)3-11(4-9)14(16)17/h2-6,12-13,15H,7H2,1H3/b10-6+,12-5?. The van der Waals surface area contributed by atoms with Gasteiger partial charge in [-0.2, -0.15) is 0 Å². The number of nitrogens with one attached hydrogen (secondary N) is 2. The van der Waals surface area contributed by atoms with Gasteiger partial charge < -0.3 is 15.8 Å². The van der Waals surface area contributed by atoms with Gasteiger partial charge in [0.15, 0.2) is 0 Å². The Labute approximate surface area is 98.2 Å². The van der Waals surface area contributed by atoms with Crippen molar-refractivity contribution in [2.75, 3.05) is 7.05 Å². The van der Waals surface area contributed by atoms with Crippen molar-refractivity contribution in [1.82, 2.24) is 5.32 Å². The van der Waals surface area contributed by atoms with Gasteiger partial charge in [-0.1, -0.05) is 0 Å². The minimum Gasteiger partial charge on any atom is -0.393 e. The average Bonchev–Trinajstić information content (AvgIpc) is 2.35. The van der Waals surface area contributed by atoms with E-state index < -0.39 is 4.92 Å². The smallest absolute Gasteiger partial charge is 0.270 e. The Balaban J connectivity index is 3.32. The van der Waals surface area contributed by atoms with Crippen molar-refractivity contribution < 1.29 is 10.0 Å². The fourth-order valence-electron chi connectivity index (χ4n) is 1.40. The van der Waals surface area contributed by atoms with Crippen LogP contribution in [0.1, 0.15) is 11.1 Å². The summed E-state index contributed by atoms with van der Waals surface area (Å²) in [5.74, 6) is 0. The topological polar surface area (TPSA) is 99.2 Å². The molecule has 0 saturated carbocycles. The van der Waals surface area contributed by atoms with E-state index in [1.165, 1.54) is 12.1 Å². The monoisotopic (exact) mass is 235 g/mol. The predicted molar refractivity (Wildman–Crippen MR) is 64.8 cm³/mol. The lowest BCUT2D eigenvalue weighted by atomic mass is 10.0. The van der Waals surface area contributed by atoms with Gasteiger partial charge in [0.05, 0.1) is 11.5 Å². The van der Waals surface area contributed by atoms with Crippen molar-refractivity contribution in [3.05, 3.63) is 45.6 Å². The van der Waals surface area contributed by atoms with Gasteiger partial charge in [-0.3, -0.25) is 10.1 Å². The van der Waals surface area contributed by atoms with E-state index in [1.807, 2.05) is 0 Å². The van der Waals surface area contributed by atoms with Crippen LogP contribution >= 0.6 is 0 Å². The van der Waals surface area contributed by atoms with Crippen LogP contribution in [-0.4, -0.2) is 23.3 Å². The molecule has 0 heterocycles. The number of nitro groups is 1. The molecule has 0 amide bonds. The number of nitro benzene ring substituents is 1. The van der Waals surface area contributed by atoms with Gasteiger partial charge in [-0.25, -0.2) is 0 Å². The molecule has 1 aromatic rings. The van der Waals surface area contributed by atoms with Gasteiger partial charge in [-0.15, -0.1) is 0 Å². The van der Waals surface area contributed by atoms with E-state index in [0.29, 0.717) is 16.7 Å². The van der Waals surface area contributed by atoms with Crippen LogP contribution in [0, 0.1) is 15.5 Å². The molecular weight excluding hydrogens is 222 g/mol. The van der Waals surface area contributed by atoms with Gasteiger partial charge in [0.2, 0.25) is 0 Å². The first-order chi connectivity index (χ1) is 8.12. The number of rotatable bonds is 5. The number of aliphatic hydroxyl groups is 1. The highest BCUT2D eigenvalue weighted by Gasteiger charge is 2.11. The third kappa shape index (κ3) is 3.12. The molecule has 1 rings (SSSR count). The van der Waals surface area contributed by atoms with E-state index in [1.54, 1.807) is 19.3 Å². The Morgan fingerprint density at radius 3 is 2.76 bits per heavy atom. The van der Waals surface area contributed by atoms with E-state index in [-0.39, 0.29) is 12.3 Å². The van der Waals surface area contributed by atoms with Gasteiger partial charge in [0.25, 0.3) is 5.69 Å². The molecule has 0 aliphatic rings. The second-order valence-corrected chi connectivity index (χ2v) is 3.34. The maximum atomic E-state index is 10.7. The fraction of sp³-hybridized carbons (Fsp3) is 0.182. The normalized spacial score (nSPS) is 11.1. The minimum atomic E-state index is -0.524. The summed E-state index contributed by atoms with van der Waals surface area (Å²) in [6, 6.07) is 4.29. The lowest BCUT2D eigenvalue weighted by Crippen LogP contribution is -1.99. The first kappa shape index (κ1) is 12.9. The van der Waals surface area contributed by atoms with Gasteiger partial charge in [0.1, 0.15) is 0 Å². The zero-order valence-corrected chi connectivity index (χ0v) is 9.30. The summed E-state index contributed by atoms with van der Waals surface area (Å²) in [5, 5.41) is 29.8. The first-order valence-corrected chi connectivity index (χ1v) is 4.90. The fourth-order valence-corrected chi connectivity index (χ4v) is 1.40. The summed E-state index contributed by atoms with van der Waals surface area (Å²) < 4.78 is 0. The molecule has 0 aliphatic carbocycles. The van der Waals surface area contributed by atoms with Crippen LogP contribution in [0.15, 0.2) is 24.4 Å². The Kier molecular flexibility index (Phi) is 4.36. The molecule has 0 saturated heterocycles. The largest absolute Gasteiger partial charge is 0.393 e. The molecule has 0 spiro atoms. The summed E-state index contributed by atoms with van der Waals surface area (Å²) in [6.07, 6.45) is 2.66. The number of aliphatic hydroxyl groups excluding tert-OH is 1. The third-order valence-corrected chi connectivity index (χ3v) is 2.16. The maximum absolute atomic E-state index is 10.7. The second kappa shape index (κ2) is 5.76. The van der Waals surface area contributed by atoms with Crippen LogP contribution in [0.5, 0.6) is 0 Å². The minimum absolute atomic E-state index is 0.101. The van der Waals surface area contributed by atoms with E-state index in [2.05, 4.69) is 5.32 Å². The molecule has 0 bridgehead atoms. The SMILES string of the molecule is CN/C=C(\C=N)c1cc(CO)cc([N+](=O)[O-])c1. The first-order valence-electron chi connectivity index (χ1n) is 4.90. The van der Waals surface area contributed by atoms with Crippen molar-refractivity contribution in [1.29, 1.82) is 5.41 Å². The number of non-ortho nitro benzene ring substituents is 1. The molecule has 0 fully saturated rings. The average molecular weight is 235 g/mol. The third-order valence-electron chi connectivity index (χ3n) is 2.16. The van der Waals surface area contributed by atoms with Crippen LogP contribution in [0.25, 0.3) is 5.57 Å². The molecular formula is C11H13N3O3. The van der Waals surface area contributed by atoms with E-state index in [9.17, 15) is 10.1 Å². The second-order valence-electron chi connectivity index (χ2n) is 3.34. The van der Waals surface area contributed by atoms with Crippen LogP contribution in [0.3, 0.4) is 0 Å². The van der Waals surface area contributed by atoms with Crippen LogP contribution < -0.4 is 5.32 Å². The highest BCUT2D eigenvalue weighted by Crippen LogP contribution is 2.21. The molecule has 0 unspecified atom stereocenters. The molecule has 1 aromatic carbocycles. The molecule has 3 N–H and O–H groups in total. The lowest BCUT2D eigenvalue weighted by Gasteiger charge is -2.05. The van der Waals surface area contributed by atoms with Crippen LogP contribution in [-0.2, 0) is 6.61 Å². The van der Waals surface area contributed by atoms with Crippen LogP contribution in [0.2, 0.25) is 0 Å². The van der Waals surface area contributed by atoms with Crippen molar-refractivity contribution in [3.8, 4) is 0 Å². The molecule has 90 valence electrons. The highest BCUT2D eigenvalue weighted by molar-refractivity contribution is 6.08. The van der Waals surface area contributed by atoms with Crippen molar-refractivity contribution in [2.24, 2.45) is 0 Å². The molecule has 0 aromatic heterocycles. The molecule has 17 heavy (non-hydrogen) atoms. The quantitative estimate of drug-likeness (QED) is 0.407. The number of nitrogens with zero attached hydrogens (tertiary/aromatic N) is 1. The van der Waals surface area contributed by atoms with Gasteiger partial charge in [-0.05, 0) is 17.2 Å². The summed E-state index contributed by atoms with van der Waals surface area (Å²) in [7, 11) is 1.67. The summed E-state index contributed by atoms with van der Waals surface area (Å²) in [6.45, 7) is -0.278. The zero-order chi connectivity index (χ0) is 12.8. The molecule has 0 aliphatic heterocycles. The Bertz CT molecular complexity index is 469. The Morgan fingerprint density at radius 1 is 1.59 bits per heavy atom. The van der Waals surface area contributed by atoms with Crippen molar-refractivity contribution >= 4 is 17.5 Å². The number of benzene rings is 1. The molecule has 0 radical (unpaired) electrons. The van der Waals surface area contributed by atoms with E-state index in [0.717, 1.165) is 6.21 Å². The van der Waals surface area contributed by atoms with Gasteiger partial charge >= 0.3 is 0 Å².